The number of rotatable bonds is 0. The third kappa shape index (κ3) is 1.29. The fraction of sp³-hybridized carbons (Fsp3) is 0.750. The van der Waals surface area contributed by atoms with Crippen molar-refractivity contribution in [1.82, 2.24) is 0 Å². The second-order valence-electron chi connectivity index (χ2n) is 9.32. The van der Waals surface area contributed by atoms with Crippen molar-refractivity contribution >= 4 is 5.78 Å². The highest BCUT2D eigenvalue weighted by Gasteiger charge is 2.77. The molecular weight excluding hydrogens is 288 g/mol. The molecule has 0 amide bonds. The molecule has 1 N–H and O–H groups in total. The van der Waals surface area contributed by atoms with Gasteiger partial charge in [-0.15, -0.1) is 0 Å². The average molecular weight is 314 g/mol. The summed E-state index contributed by atoms with van der Waals surface area (Å²) in [5.74, 6) is 0.624. The van der Waals surface area contributed by atoms with Gasteiger partial charge in [-0.1, -0.05) is 26.5 Å². The minimum absolute atomic E-state index is 0.0490. The van der Waals surface area contributed by atoms with Crippen LogP contribution in [0.4, 0.5) is 0 Å². The topological polar surface area (TPSA) is 46.5 Å². The van der Waals surface area contributed by atoms with Crippen LogP contribution in [0.5, 0.6) is 0 Å². The summed E-state index contributed by atoms with van der Waals surface area (Å²) in [5.41, 5.74) is 1.17. The zero-order valence-electron chi connectivity index (χ0n) is 14.3. The zero-order valence-corrected chi connectivity index (χ0v) is 14.3. The third-order valence-electron chi connectivity index (χ3n) is 8.12. The Hall–Kier alpha value is -0.930. The van der Waals surface area contributed by atoms with E-state index in [1.54, 1.807) is 0 Å². The lowest BCUT2D eigenvalue weighted by molar-refractivity contribution is -0.140. The lowest BCUT2D eigenvalue weighted by Gasteiger charge is -2.43. The molecule has 3 aliphatic carbocycles. The normalized spacial score (nSPS) is 55.7. The van der Waals surface area contributed by atoms with Crippen LogP contribution in [0, 0.1) is 28.6 Å². The van der Waals surface area contributed by atoms with E-state index in [0.29, 0.717) is 11.5 Å². The summed E-state index contributed by atoms with van der Waals surface area (Å²) in [6, 6.07) is 0. The fourth-order valence-corrected chi connectivity index (χ4v) is 6.95. The summed E-state index contributed by atoms with van der Waals surface area (Å²) in [6.07, 6.45) is 5.40. The van der Waals surface area contributed by atoms with E-state index in [2.05, 4.69) is 33.4 Å². The van der Waals surface area contributed by atoms with Crippen molar-refractivity contribution in [3.05, 3.63) is 23.8 Å². The van der Waals surface area contributed by atoms with Crippen LogP contribution in [-0.2, 0) is 9.53 Å². The van der Waals surface area contributed by atoms with Crippen LogP contribution in [0.25, 0.3) is 0 Å². The van der Waals surface area contributed by atoms with Gasteiger partial charge in [0.15, 0.2) is 5.78 Å². The molecule has 2 aliphatic heterocycles. The molecule has 0 aromatic heterocycles. The fourth-order valence-electron chi connectivity index (χ4n) is 6.95. The molecule has 3 heteroatoms. The molecule has 5 aliphatic rings. The molecule has 0 aromatic carbocycles. The lowest BCUT2D eigenvalue weighted by atomic mass is 9.60. The van der Waals surface area contributed by atoms with Crippen LogP contribution in [0.1, 0.15) is 46.5 Å². The van der Waals surface area contributed by atoms with Gasteiger partial charge >= 0.3 is 0 Å². The number of ketones is 1. The molecule has 5 rings (SSSR count). The Bertz CT molecular complexity index is 674. The standard InChI is InChI=1S/C20H26O3/c1-10-11-5-6-14-19(4)12-7-8-18(2,3)13(12)9-15(23-19)20(14,16(10)21)17(11)22/h7,11,13-15,17,22H,1,5-6,8-9H2,2-4H3. The molecule has 4 bridgehead atoms. The zero-order chi connectivity index (χ0) is 16.4. The van der Waals surface area contributed by atoms with Crippen LogP contribution in [0.3, 0.4) is 0 Å². The van der Waals surface area contributed by atoms with Crippen LogP contribution in [0.2, 0.25) is 0 Å². The Morgan fingerprint density at radius 1 is 1.30 bits per heavy atom. The molecule has 1 spiro atoms. The molecule has 124 valence electrons. The van der Waals surface area contributed by atoms with Crippen molar-refractivity contribution in [1.29, 1.82) is 0 Å². The van der Waals surface area contributed by atoms with Crippen molar-refractivity contribution in [2.45, 2.75) is 64.3 Å². The van der Waals surface area contributed by atoms with E-state index in [-0.39, 0.29) is 34.7 Å². The van der Waals surface area contributed by atoms with E-state index in [4.69, 9.17) is 4.74 Å². The number of fused-ring (bicyclic) bond motifs is 6. The van der Waals surface area contributed by atoms with E-state index in [1.807, 2.05) is 0 Å². The first-order valence-corrected chi connectivity index (χ1v) is 9.04. The molecule has 3 nitrogen and oxygen atoms in total. The van der Waals surface area contributed by atoms with Gasteiger partial charge in [-0.05, 0) is 55.1 Å². The highest BCUT2D eigenvalue weighted by molar-refractivity contribution is 6.05. The monoisotopic (exact) mass is 314 g/mol. The third-order valence-corrected chi connectivity index (χ3v) is 8.12. The molecule has 2 saturated heterocycles. The Morgan fingerprint density at radius 2 is 2.04 bits per heavy atom. The number of aliphatic hydroxyl groups is 1. The van der Waals surface area contributed by atoms with E-state index in [0.717, 1.165) is 25.7 Å². The first kappa shape index (κ1) is 14.4. The summed E-state index contributed by atoms with van der Waals surface area (Å²) in [4.78, 5) is 13.2. The average Bonchev–Trinajstić information content (AvgIpc) is 2.94. The molecule has 0 aromatic rings. The molecular formula is C20H26O3. The molecule has 0 radical (unpaired) electrons. The quantitative estimate of drug-likeness (QED) is 0.552. The number of Topliss-reactive ketones (excluding diaryl/α,β-unsaturated/α-hetero) is 1. The van der Waals surface area contributed by atoms with Crippen LogP contribution < -0.4 is 0 Å². The van der Waals surface area contributed by atoms with Crippen LogP contribution in [0.15, 0.2) is 23.8 Å². The predicted molar refractivity (Wildman–Crippen MR) is 86.7 cm³/mol. The number of aliphatic hydroxyl groups excluding tert-OH is 1. The summed E-state index contributed by atoms with van der Waals surface area (Å²) in [6.45, 7) is 10.9. The lowest BCUT2D eigenvalue weighted by Crippen LogP contribution is -2.52. The molecule has 4 fully saturated rings. The van der Waals surface area contributed by atoms with Crippen molar-refractivity contribution in [3.63, 3.8) is 0 Å². The summed E-state index contributed by atoms with van der Waals surface area (Å²) in [7, 11) is 0. The van der Waals surface area contributed by atoms with Gasteiger partial charge in [-0.2, -0.15) is 0 Å². The van der Waals surface area contributed by atoms with Crippen molar-refractivity contribution in [2.24, 2.45) is 28.6 Å². The Labute approximate surface area is 137 Å². The second kappa shape index (κ2) is 3.83. The summed E-state index contributed by atoms with van der Waals surface area (Å²) < 4.78 is 6.56. The molecule has 23 heavy (non-hydrogen) atoms. The van der Waals surface area contributed by atoms with Gasteiger partial charge in [0.25, 0.3) is 0 Å². The maximum Gasteiger partial charge on any atom is 0.170 e. The number of allylic oxidation sites excluding steroid dienone is 1. The summed E-state index contributed by atoms with van der Waals surface area (Å²) >= 11 is 0. The molecule has 2 heterocycles. The minimum atomic E-state index is -0.726. The van der Waals surface area contributed by atoms with Gasteiger partial charge in [-0.25, -0.2) is 0 Å². The van der Waals surface area contributed by atoms with E-state index in [1.165, 1.54) is 5.57 Å². The maximum atomic E-state index is 13.2. The Kier molecular flexibility index (Phi) is 2.40. The van der Waals surface area contributed by atoms with E-state index < -0.39 is 11.5 Å². The van der Waals surface area contributed by atoms with Crippen LogP contribution in [-0.4, -0.2) is 28.7 Å². The number of carbonyl (C=O) groups excluding carboxylic acids is 1. The number of hydrogen-bond acceptors (Lipinski definition) is 3. The van der Waals surface area contributed by atoms with E-state index in [9.17, 15) is 9.90 Å². The maximum absolute atomic E-state index is 13.2. The van der Waals surface area contributed by atoms with Gasteiger partial charge in [0.05, 0.1) is 23.2 Å². The first-order chi connectivity index (χ1) is 10.7. The Balaban J connectivity index is 1.72. The second-order valence-corrected chi connectivity index (χ2v) is 9.32. The number of hydrogen-bond donors (Lipinski definition) is 1. The van der Waals surface area contributed by atoms with Gasteiger partial charge in [0, 0.05) is 11.8 Å². The first-order valence-electron chi connectivity index (χ1n) is 9.04. The van der Waals surface area contributed by atoms with Gasteiger partial charge in [-0.3, -0.25) is 4.79 Å². The highest BCUT2D eigenvalue weighted by atomic mass is 16.5. The molecule has 7 unspecified atom stereocenters. The number of ether oxygens (including phenoxy) is 1. The number of carbonyl (C=O) groups is 1. The van der Waals surface area contributed by atoms with Crippen molar-refractivity contribution in [2.75, 3.05) is 0 Å². The highest BCUT2D eigenvalue weighted by Crippen LogP contribution is 2.71. The smallest absolute Gasteiger partial charge is 0.170 e. The van der Waals surface area contributed by atoms with Gasteiger partial charge < -0.3 is 9.84 Å². The van der Waals surface area contributed by atoms with Crippen molar-refractivity contribution < 1.29 is 14.6 Å². The SMILES string of the molecule is C=C1C(=O)C23C4CC5C(=CCC5(C)C)C(C)(O4)C2CCC1C3O. The minimum Gasteiger partial charge on any atom is -0.391 e. The van der Waals surface area contributed by atoms with Crippen molar-refractivity contribution in [3.8, 4) is 0 Å². The Morgan fingerprint density at radius 3 is 2.78 bits per heavy atom. The van der Waals surface area contributed by atoms with E-state index >= 15 is 0 Å². The van der Waals surface area contributed by atoms with Gasteiger partial charge in [0.2, 0.25) is 0 Å². The van der Waals surface area contributed by atoms with Crippen LogP contribution >= 0.6 is 0 Å². The predicted octanol–water partition coefficient (Wildman–Crippen LogP) is 3.03. The van der Waals surface area contributed by atoms with Gasteiger partial charge in [0.1, 0.15) is 0 Å². The molecule has 7 atom stereocenters. The summed E-state index contributed by atoms with van der Waals surface area (Å²) in [5, 5.41) is 11.1. The largest absolute Gasteiger partial charge is 0.391 e. The molecule has 2 saturated carbocycles.